The second-order valence-electron chi connectivity index (χ2n) is 8.68. The molecule has 0 fully saturated rings. The molecule has 1 atom stereocenters. The molecule has 0 heterocycles. The van der Waals surface area contributed by atoms with Gasteiger partial charge in [-0.25, -0.2) is 0 Å². The van der Waals surface area contributed by atoms with Gasteiger partial charge in [0.2, 0.25) is 5.91 Å². The van der Waals surface area contributed by atoms with Crippen LogP contribution in [0, 0.1) is 0 Å². The number of rotatable bonds is 5. The second-order valence-corrected chi connectivity index (χ2v) is 8.68. The van der Waals surface area contributed by atoms with Crippen molar-refractivity contribution in [1.82, 2.24) is 5.32 Å². The van der Waals surface area contributed by atoms with Gasteiger partial charge in [-0.1, -0.05) is 53.7 Å². The summed E-state index contributed by atoms with van der Waals surface area (Å²) < 4.78 is 5.75. The van der Waals surface area contributed by atoms with Crippen molar-refractivity contribution in [3.63, 3.8) is 0 Å². The average molecular weight is 335 g/mol. The summed E-state index contributed by atoms with van der Waals surface area (Å²) in [5, 5.41) is 2.88. The van der Waals surface area contributed by atoms with Gasteiger partial charge in [-0.3, -0.25) is 4.79 Å². The minimum absolute atomic E-state index is 0.00261. The molecule has 0 bridgehead atoms. The van der Waals surface area contributed by atoms with Crippen molar-refractivity contribution in [3.8, 4) is 5.75 Å². The number of hydrogen-bond donors (Lipinski definition) is 2. The molecule has 1 aromatic rings. The Labute approximate surface area is 147 Å². The Morgan fingerprint density at radius 3 is 1.92 bits per heavy atom. The molecule has 0 radical (unpaired) electrons. The van der Waals surface area contributed by atoms with Crippen molar-refractivity contribution in [1.29, 1.82) is 0 Å². The largest absolute Gasteiger partial charge is 0.496 e. The number of nitrogens with one attached hydrogen (secondary N) is 1. The average Bonchev–Trinajstić information content (AvgIpc) is 2.42. The number of amides is 1. The third kappa shape index (κ3) is 5.52. The number of carbonyl (C=O) groups excluding carboxylic acids is 1. The minimum atomic E-state index is -0.0659. The molecule has 1 unspecified atom stereocenters. The molecule has 1 aromatic carbocycles. The third-order valence-corrected chi connectivity index (χ3v) is 3.95. The Balaban J connectivity index is 3.30. The van der Waals surface area contributed by atoms with Gasteiger partial charge >= 0.3 is 0 Å². The van der Waals surface area contributed by atoms with Gasteiger partial charge in [0.15, 0.2) is 0 Å². The highest BCUT2D eigenvalue weighted by molar-refractivity contribution is 5.79. The molecular formula is C20H34N2O2. The maximum atomic E-state index is 12.2. The van der Waals surface area contributed by atoms with Crippen molar-refractivity contribution in [2.75, 3.05) is 13.7 Å². The molecule has 1 amide bonds. The molecule has 0 aromatic heterocycles. The van der Waals surface area contributed by atoms with E-state index in [1.54, 1.807) is 7.11 Å². The molecule has 24 heavy (non-hydrogen) atoms. The first kappa shape index (κ1) is 20.5. The lowest BCUT2D eigenvalue weighted by Crippen LogP contribution is -2.36. The van der Waals surface area contributed by atoms with Crippen LogP contribution in [0.1, 0.15) is 65.2 Å². The zero-order valence-electron chi connectivity index (χ0n) is 16.5. The van der Waals surface area contributed by atoms with E-state index in [-0.39, 0.29) is 22.8 Å². The van der Waals surface area contributed by atoms with E-state index in [0.717, 1.165) is 22.4 Å². The van der Waals surface area contributed by atoms with Crippen molar-refractivity contribution in [3.05, 3.63) is 28.8 Å². The van der Waals surface area contributed by atoms with Gasteiger partial charge in [0.25, 0.3) is 0 Å². The zero-order valence-corrected chi connectivity index (χ0v) is 16.5. The number of nitrogens with two attached hydrogens (primary N) is 1. The van der Waals surface area contributed by atoms with Gasteiger partial charge in [0.1, 0.15) is 5.75 Å². The van der Waals surface area contributed by atoms with E-state index in [1.807, 2.05) is 6.92 Å². The standard InChI is InChI=1S/C20H34N2O2/c1-13(21)12-22-17(23)11-14-9-15(19(2,3)4)18(24-8)16(10-14)20(5,6)7/h9-10,13H,11-12,21H2,1-8H3,(H,22,23). The maximum absolute atomic E-state index is 12.2. The summed E-state index contributed by atoms with van der Waals surface area (Å²) in [5.74, 6) is 0.923. The Morgan fingerprint density at radius 2 is 1.58 bits per heavy atom. The second kappa shape index (κ2) is 7.56. The lowest BCUT2D eigenvalue weighted by molar-refractivity contribution is -0.120. The zero-order chi connectivity index (χ0) is 18.7. The molecule has 0 aliphatic heterocycles. The van der Waals surface area contributed by atoms with E-state index in [9.17, 15) is 4.79 Å². The summed E-state index contributed by atoms with van der Waals surface area (Å²) in [5.41, 5.74) is 8.84. The molecule has 136 valence electrons. The van der Waals surface area contributed by atoms with Crippen LogP contribution in [0.15, 0.2) is 12.1 Å². The van der Waals surface area contributed by atoms with E-state index in [2.05, 4.69) is 59.0 Å². The third-order valence-electron chi connectivity index (χ3n) is 3.95. The van der Waals surface area contributed by atoms with Gasteiger partial charge in [-0.15, -0.1) is 0 Å². The Morgan fingerprint density at radius 1 is 1.12 bits per heavy atom. The van der Waals surface area contributed by atoms with Crippen molar-refractivity contribution in [2.45, 2.75) is 71.8 Å². The quantitative estimate of drug-likeness (QED) is 0.868. The number of benzene rings is 1. The Kier molecular flexibility index (Phi) is 6.45. The fraction of sp³-hybridized carbons (Fsp3) is 0.650. The summed E-state index contributed by atoms with van der Waals surface area (Å²) in [6.45, 7) is 15.4. The monoisotopic (exact) mass is 334 g/mol. The molecule has 0 saturated heterocycles. The van der Waals surface area contributed by atoms with Crippen LogP contribution in [-0.2, 0) is 22.0 Å². The minimum Gasteiger partial charge on any atom is -0.496 e. The van der Waals surface area contributed by atoms with E-state index in [4.69, 9.17) is 10.5 Å². The van der Waals surface area contributed by atoms with Gasteiger partial charge in [-0.2, -0.15) is 0 Å². The molecular weight excluding hydrogens is 300 g/mol. The summed E-state index contributed by atoms with van der Waals surface area (Å²) >= 11 is 0. The summed E-state index contributed by atoms with van der Waals surface area (Å²) in [6.07, 6.45) is 0.350. The van der Waals surface area contributed by atoms with Crippen LogP contribution < -0.4 is 15.8 Å². The maximum Gasteiger partial charge on any atom is 0.224 e. The molecule has 4 nitrogen and oxygen atoms in total. The summed E-state index contributed by atoms with van der Waals surface area (Å²) in [6, 6.07) is 4.15. The first-order valence-corrected chi connectivity index (χ1v) is 8.60. The van der Waals surface area contributed by atoms with E-state index in [1.165, 1.54) is 0 Å². The number of hydrogen-bond acceptors (Lipinski definition) is 3. The van der Waals surface area contributed by atoms with Crippen LogP contribution in [0.2, 0.25) is 0 Å². The highest BCUT2D eigenvalue weighted by atomic mass is 16.5. The lowest BCUT2D eigenvalue weighted by atomic mass is 9.78. The lowest BCUT2D eigenvalue weighted by Gasteiger charge is -2.30. The molecule has 0 spiro atoms. The fourth-order valence-corrected chi connectivity index (χ4v) is 2.65. The number of ether oxygens (including phenoxy) is 1. The van der Waals surface area contributed by atoms with E-state index in [0.29, 0.717) is 13.0 Å². The normalized spacial score (nSPS) is 13.5. The first-order valence-electron chi connectivity index (χ1n) is 8.60. The SMILES string of the molecule is COc1c(C(C)(C)C)cc(CC(=O)NCC(C)N)cc1C(C)(C)C. The van der Waals surface area contributed by atoms with Crippen LogP contribution in [0.5, 0.6) is 5.75 Å². The topological polar surface area (TPSA) is 64.3 Å². The van der Waals surface area contributed by atoms with Gasteiger partial charge in [0.05, 0.1) is 13.5 Å². The highest BCUT2D eigenvalue weighted by Gasteiger charge is 2.27. The molecule has 0 aliphatic rings. The van der Waals surface area contributed by atoms with Gasteiger partial charge < -0.3 is 15.8 Å². The van der Waals surface area contributed by atoms with Crippen molar-refractivity contribution in [2.24, 2.45) is 5.73 Å². The first-order chi connectivity index (χ1) is 10.9. The van der Waals surface area contributed by atoms with Crippen LogP contribution in [0.3, 0.4) is 0 Å². The van der Waals surface area contributed by atoms with Crippen molar-refractivity contribution >= 4 is 5.91 Å². The van der Waals surface area contributed by atoms with Crippen LogP contribution in [-0.4, -0.2) is 25.6 Å². The van der Waals surface area contributed by atoms with E-state index >= 15 is 0 Å². The summed E-state index contributed by atoms with van der Waals surface area (Å²) in [4.78, 5) is 12.2. The molecule has 0 saturated carbocycles. The summed E-state index contributed by atoms with van der Waals surface area (Å²) in [7, 11) is 1.72. The van der Waals surface area contributed by atoms with Crippen LogP contribution >= 0.6 is 0 Å². The molecule has 1 rings (SSSR count). The fourth-order valence-electron chi connectivity index (χ4n) is 2.65. The highest BCUT2D eigenvalue weighted by Crippen LogP contribution is 2.40. The number of methoxy groups -OCH3 is 1. The predicted molar refractivity (Wildman–Crippen MR) is 101 cm³/mol. The van der Waals surface area contributed by atoms with Crippen molar-refractivity contribution < 1.29 is 9.53 Å². The predicted octanol–water partition coefficient (Wildman–Crippen LogP) is 3.30. The number of carbonyl (C=O) groups is 1. The van der Waals surface area contributed by atoms with Crippen LogP contribution in [0.25, 0.3) is 0 Å². The molecule has 0 aliphatic carbocycles. The smallest absolute Gasteiger partial charge is 0.224 e. The Hall–Kier alpha value is -1.55. The molecule has 3 N–H and O–H groups in total. The van der Waals surface area contributed by atoms with E-state index < -0.39 is 0 Å². The van der Waals surface area contributed by atoms with Gasteiger partial charge in [-0.05, 0) is 23.3 Å². The van der Waals surface area contributed by atoms with Gasteiger partial charge in [0, 0.05) is 23.7 Å². The van der Waals surface area contributed by atoms with Crippen LogP contribution in [0.4, 0.5) is 0 Å². The Bertz CT molecular complexity index is 543. The molecule has 4 heteroatoms.